The number of ether oxygens (including phenoxy) is 2. The van der Waals surface area contributed by atoms with Crippen molar-refractivity contribution in [3.8, 4) is 11.5 Å². The van der Waals surface area contributed by atoms with Crippen LogP contribution in [0.2, 0.25) is 0 Å². The fourth-order valence-electron chi connectivity index (χ4n) is 3.97. The van der Waals surface area contributed by atoms with Gasteiger partial charge in [0, 0.05) is 12.6 Å². The van der Waals surface area contributed by atoms with Crippen LogP contribution in [0, 0.1) is 5.92 Å². The Balaban J connectivity index is 1.53. The number of hydrogen-bond acceptors (Lipinski definition) is 5. The minimum atomic E-state index is -3.99. The van der Waals surface area contributed by atoms with E-state index in [9.17, 15) is 13.2 Å². The van der Waals surface area contributed by atoms with Crippen LogP contribution in [0.5, 0.6) is 11.5 Å². The van der Waals surface area contributed by atoms with Gasteiger partial charge in [-0.2, -0.15) is 0 Å². The van der Waals surface area contributed by atoms with Crippen LogP contribution in [0.3, 0.4) is 0 Å². The first kappa shape index (κ1) is 24.6. The molecule has 0 aromatic heterocycles. The Labute approximate surface area is 206 Å². The van der Waals surface area contributed by atoms with E-state index in [0.29, 0.717) is 36.9 Å². The summed E-state index contributed by atoms with van der Waals surface area (Å²) in [7, 11) is -3.99. The molecule has 0 saturated carbocycles. The van der Waals surface area contributed by atoms with Gasteiger partial charge in [0.2, 0.25) is 5.91 Å². The van der Waals surface area contributed by atoms with E-state index in [4.69, 9.17) is 9.47 Å². The fourth-order valence-corrected chi connectivity index (χ4v) is 5.41. The van der Waals surface area contributed by atoms with Crippen molar-refractivity contribution in [2.75, 3.05) is 30.6 Å². The van der Waals surface area contributed by atoms with Crippen molar-refractivity contribution >= 4 is 21.6 Å². The van der Waals surface area contributed by atoms with Gasteiger partial charge in [0.25, 0.3) is 10.0 Å². The van der Waals surface area contributed by atoms with Crippen molar-refractivity contribution in [3.63, 3.8) is 0 Å². The van der Waals surface area contributed by atoms with Crippen LogP contribution in [0.15, 0.2) is 83.8 Å². The summed E-state index contributed by atoms with van der Waals surface area (Å²) >= 11 is 0. The van der Waals surface area contributed by atoms with E-state index in [0.717, 1.165) is 17.1 Å². The van der Waals surface area contributed by atoms with Crippen molar-refractivity contribution in [2.45, 2.75) is 24.7 Å². The number of sulfonamides is 1. The Kier molecular flexibility index (Phi) is 7.92. The number of nitrogens with zero attached hydrogens (tertiary/aromatic N) is 1. The number of rotatable bonds is 10. The molecule has 1 amide bonds. The van der Waals surface area contributed by atoms with Crippen LogP contribution in [-0.4, -0.2) is 40.6 Å². The molecule has 0 fully saturated rings. The standard InChI is InChI=1S/C27H30N2O5S/c1-2-21(17-22-9-5-3-6-10-22)19-28-27(30)20-29(35(31,32)24-11-7-4-8-12-24)23-13-14-25-26(18-23)34-16-15-33-25/h3-14,18,21H,2,15-17,19-20H2,1H3,(H,28,30). The molecule has 3 aromatic carbocycles. The summed E-state index contributed by atoms with van der Waals surface area (Å²) in [5.74, 6) is 0.880. The van der Waals surface area contributed by atoms with Gasteiger partial charge in [-0.3, -0.25) is 9.10 Å². The molecule has 1 aliphatic heterocycles. The van der Waals surface area contributed by atoms with Crippen LogP contribution in [-0.2, 0) is 21.2 Å². The lowest BCUT2D eigenvalue weighted by Crippen LogP contribution is -2.42. The highest BCUT2D eigenvalue weighted by atomic mass is 32.2. The Morgan fingerprint density at radius 2 is 1.60 bits per heavy atom. The predicted octanol–water partition coefficient (Wildman–Crippen LogP) is 4.04. The van der Waals surface area contributed by atoms with E-state index in [-0.39, 0.29) is 23.3 Å². The zero-order valence-corrected chi connectivity index (χ0v) is 20.5. The van der Waals surface area contributed by atoms with Gasteiger partial charge in [-0.05, 0) is 42.2 Å². The molecule has 3 aromatic rings. The minimum absolute atomic E-state index is 0.109. The van der Waals surface area contributed by atoms with Crippen molar-refractivity contribution in [2.24, 2.45) is 5.92 Å². The van der Waals surface area contributed by atoms with Gasteiger partial charge in [-0.1, -0.05) is 61.9 Å². The molecule has 0 bridgehead atoms. The van der Waals surface area contributed by atoms with Gasteiger partial charge < -0.3 is 14.8 Å². The van der Waals surface area contributed by atoms with E-state index in [1.54, 1.807) is 36.4 Å². The summed E-state index contributed by atoms with van der Waals surface area (Å²) in [6, 6.07) is 23.1. The van der Waals surface area contributed by atoms with E-state index >= 15 is 0 Å². The Bertz CT molecular complexity index is 1230. The van der Waals surface area contributed by atoms with Gasteiger partial charge in [-0.15, -0.1) is 0 Å². The summed E-state index contributed by atoms with van der Waals surface area (Å²) in [5.41, 5.74) is 1.54. The Morgan fingerprint density at radius 1 is 0.943 bits per heavy atom. The van der Waals surface area contributed by atoms with Crippen LogP contribution in [0.25, 0.3) is 0 Å². The quantitative estimate of drug-likeness (QED) is 0.460. The summed E-state index contributed by atoms with van der Waals surface area (Å²) in [6.07, 6.45) is 1.73. The van der Waals surface area contributed by atoms with E-state index in [1.165, 1.54) is 17.7 Å². The first-order valence-corrected chi connectivity index (χ1v) is 13.2. The predicted molar refractivity (Wildman–Crippen MR) is 135 cm³/mol. The molecule has 35 heavy (non-hydrogen) atoms. The largest absolute Gasteiger partial charge is 0.486 e. The molecule has 8 heteroatoms. The van der Waals surface area contributed by atoms with Crippen LogP contribution >= 0.6 is 0 Å². The monoisotopic (exact) mass is 494 g/mol. The second-order valence-electron chi connectivity index (χ2n) is 8.42. The number of carbonyl (C=O) groups excluding carboxylic acids is 1. The minimum Gasteiger partial charge on any atom is -0.486 e. The van der Waals surface area contributed by atoms with Crippen LogP contribution in [0.1, 0.15) is 18.9 Å². The number of nitrogens with one attached hydrogen (secondary N) is 1. The molecule has 0 aliphatic carbocycles. The Morgan fingerprint density at radius 3 is 2.29 bits per heavy atom. The molecule has 1 heterocycles. The highest BCUT2D eigenvalue weighted by Crippen LogP contribution is 2.35. The third-order valence-corrected chi connectivity index (χ3v) is 7.75. The lowest BCUT2D eigenvalue weighted by molar-refractivity contribution is -0.119. The molecular formula is C27H30N2O5S. The molecule has 0 saturated heterocycles. The SMILES string of the molecule is CCC(CNC(=O)CN(c1ccc2c(c1)OCCO2)S(=O)(=O)c1ccccc1)Cc1ccccc1. The van der Waals surface area contributed by atoms with Crippen molar-refractivity contribution in [1.29, 1.82) is 0 Å². The number of hydrogen-bond donors (Lipinski definition) is 1. The van der Waals surface area contributed by atoms with Crippen LogP contribution < -0.4 is 19.1 Å². The maximum atomic E-state index is 13.5. The number of amides is 1. The van der Waals surface area contributed by atoms with Crippen molar-refractivity contribution in [1.82, 2.24) is 5.32 Å². The molecule has 1 atom stereocenters. The van der Waals surface area contributed by atoms with Crippen molar-refractivity contribution in [3.05, 3.63) is 84.4 Å². The maximum Gasteiger partial charge on any atom is 0.264 e. The first-order chi connectivity index (χ1) is 17.0. The molecule has 0 spiro atoms. The lowest BCUT2D eigenvalue weighted by atomic mass is 9.97. The van der Waals surface area contributed by atoms with Crippen LogP contribution in [0.4, 0.5) is 5.69 Å². The van der Waals surface area contributed by atoms with Crippen molar-refractivity contribution < 1.29 is 22.7 Å². The molecule has 7 nitrogen and oxygen atoms in total. The van der Waals surface area contributed by atoms with Gasteiger partial charge in [0.15, 0.2) is 11.5 Å². The summed E-state index contributed by atoms with van der Waals surface area (Å²) in [4.78, 5) is 13.1. The fraction of sp³-hybridized carbons (Fsp3) is 0.296. The molecule has 1 N–H and O–H groups in total. The topological polar surface area (TPSA) is 84.9 Å². The molecule has 184 valence electrons. The first-order valence-electron chi connectivity index (χ1n) is 11.8. The van der Waals surface area contributed by atoms with Gasteiger partial charge in [0.1, 0.15) is 19.8 Å². The highest BCUT2D eigenvalue weighted by Gasteiger charge is 2.28. The van der Waals surface area contributed by atoms with E-state index < -0.39 is 10.0 Å². The highest BCUT2D eigenvalue weighted by molar-refractivity contribution is 7.92. The normalized spacial score (nSPS) is 13.6. The van der Waals surface area contributed by atoms with E-state index in [2.05, 4.69) is 24.4 Å². The summed E-state index contributed by atoms with van der Waals surface area (Å²) < 4.78 is 39.4. The lowest BCUT2D eigenvalue weighted by Gasteiger charge is -2.26. The molecule has 1 aliphatic rings. The average Bonchev–Trinajstić information content (AvgIpc) is 2.90. The second-order valence-corrected chi connectivity index (χ2v) is 10.3. The van der Waals surface area contributed by atoms with E-state index in [1.807, 2.05) is 18.2 Å². The Hall–Kier alpha value is -3.52. The van der Waals surface area contributed by atoms with Gasteiger partial charge in [0.05, 0.1) is 10.6 Å². The van der Waals surface area contributed by atoms with Gasteiger partial charge in [-0.25, -0.2) is 8.42 Å². The smallest absolute Gasteiger partial charge is 0.264 e. The zero-order chi connectivity index (χ0) is 24.7. The summed E-state index contributed by atoms with van der Waals surface area (Å²) in [6.45, 7) is 3.01. The third kappa shape index (κ3) is 6.14. The van der Waals surface area contributed by atoms with Gasteiger partial charge >= 0.3 is 0 Å². The third-order valence-electron chi connectivity index (χ3n) is 5.96. The molecular weight excluding hydrogens is 464 g/mol. The summed E-state index contributed by atoms with van der Waals surface area (Å²) in [5, 5.41) is 2.94. The zero-order valence-electron chi connectivity index (χ0n) is 19.7. The molecule has 4 rings (SSSR count). The second kappa shape index (κ2) is 11.3. The number of benzene rings is 3. The number of fused-ring (bicyclic) bond motifs is 1. The number of carbonyl (C=O) groups is 1. The maximum absolute atomic E-state index is 13.5. The number of anilines is 1. The molecule has 0 radical (unpaired) electrons. The average molecular weight is 495 g/mol. The molecule has 1 unspecified atom stereocenters.